The maximum atomic E-state index is 4.64. The third kappa shape index (κ3) is 6.28. The standard InChI is InChI=1S/C21H27N7/c1-28(2)15-7-13-25-21-26-19(18-9-4-6-12-23-18)16-20(27-21)24-14-10-17-8-3-5-11-22-17/h3-6,8-9,11-12,16H,7,10,13-15H2,1-2H3,(H2,24,25,26,27). The molecule has 3 aromatic heterocycles. The van der Waals surface area contributed by atoms with E-state index in [0.717, 1.165) is 55.4 Å². The second-order valence-corrected chi connectivity index (χ2v) is 6.76. The molecular weight excluding hydrogens is 350 g/mol. The molecule has 3 aromatic rings. The SMILES string of the molecule is CN(C)CCCNc1nc(NCCc2ccccn2)cc(-c2ccccn2)n1. The smallest absolute Gasteiger partial charge is 0.225 e. The van der Waals surface area contributed by atoms with Gasteiger partial charge in [-0.2, -0.15) is 4.98 Å². The van der Waals surface area contributed by atoms with Crippen LogP contribution in [0.25, 0.3) is 11.4 Å². The lowest BCUT2D eigenvalue weighted by Gasteiger charge is -2.12. The summed E-state index contributed by atoms with van der Waals surface area (Å²) in [5.41, 5.74) is 2.68. The van der Waals surface area contributed by atoms with E-state index in [0.29, 0.717) is 5.95 Å². The molecule has 0 aliphatic rings. The maximum Gasteiger partial charge on any atom is 0.225 e. The molecule has 0 amide bonds. The molecule has 3 heterocycles. The highest BCUT2D eigenvalue weighted by atomic mass is 15.1. The Morgan fingerprint density at radius 3 is 2.39 bits per heavy atom. The van der Waals surface area contributed by atoms with Gasteiger partial charge in [0.05, 0.1) is 11.4 Å². The van der Waals surface area contributed by atoms with Gasteiger partial charge in [-0.15, -0.1) is 0 Å². The first-order valence-corrected chi connectivity index (χ1v) is 9.53. The highest BCUT2D eigenvalue weighted by Gasteiger charge is 2.08. The Balaban J connectivity index is 1.69. The number of pyridine rings is 2. The topological polar surface area (TPSA) is 78.9 Å². The van der Waals surface area contributed by atoms with Crippen LogP contribution in [-0.2, 0) is 6.42 Å². The Morgan fingerprint density at radius 2 is 1.68 bits per heavy atom. The summed E-state index contributed by atoms with van der Waals surface area (Å²) in [5.74, 6) is 1.39. The van der Waals surface area contributed by atoms with Gasteiger partial charge < -0.3 is 15.5 Å². The molecule has 0 radical (unpaired) electrons. The predicted molar refractivity (Wildman–Crippen MR) is 113 cm³/mol. The van der Waals surface area contributed by atoms with Crippen molar-refractivity contribution in [1.82, 2.24) is 24.8 Å². The minimum atomic E-state index is 0.613. The predicted octanol–water partition coefficient (Wildman–Crippen LogP) is 2.95. The number of anilines is 2. The first kappa shape index (κ1) is 19.7. The van der Waals surface area contributed by atoms with E-state index in [9.17, 15) is 0 Å². The molecule has 7 heteroatoms. The number of hydrogen-bond acceptors (Lipinski definition) is 7. The molecule has 0 saturated carbocycles. The second kappa shape index (κ2) is 10.3. The van der Waals surface area contributed by atoms with Gasteiger partial charge in [0.2, 0.25) is 5.95 Å². The van der Waals surface area contributed by atoms with Crippen molar-refractivity contribution in [3.8, 4) is 11.4 Å². The fraction of sp³-hybridized carbons (Fsp3) is 0.333. The summed E-state index contributed by atoms with van der Waals surface area (Å²) in [7, 11) is 4.14. The van der Waals surface area contributed by atoms with Gasteiger partial charge in [-0.3, -0.25) is 9.97 Å². The van der Waals surface area contributed by atoms with Crippen LogP contribution in [0.5, 0.6) is 0 Å². The van der Waals surface area contributed by atoms with Gasteiger partial charge in [0.25, 0.3) is 0 Å². The minimum absolute atomic E-state index is 0.613. The Bertz CT molecular complexity index is 838. The third-order valence-electron chi connectivity index (χ3n) is 4.13. The molecule has 2 N–H and O–H groups in total. The molecule has 0 aliphatic heterocycles. The van der Waals surface area contributed by atoms with Crippen molar-refractivity contribution in [2.24, 2.45) is 0 Å². The van der Waals surface area contributed by atoms with Crippen molar-refractivity contribution in [1.29, 1.82) is 0 Å². The van der Waals surface area contributed by atoms with Gasteiger partial charge in [-0.1, -0.05) is 12.1 Å². The van der Waals surface area contributed by atoms with Crippen molar-refractivity contribution in [3.05, 3.63) is 60.6 Å². The molecular formula is C21H27N7. The molecule has 7 nitrogen and oxygen atoms in total. The number of hydrogen-bond donors (Lipinski definition) is 2. The average Bonchev–Trinajstić information content (AvgIpc) is 2.72. The fourth-order valence-electron chi connectivity index (χ4n) is 2.72. The number of nitrogens with one attached hydrogen (secondary N) is 2. The first-order chi connectivity index (χ1) is 13.7. The summed E-state index contributed by atoms with van der Waals surface area (Å²) < 4.78 is 0. The normalized spacial score (nSPS) is 10.8. The maximum absolute atomic E-state index is 4.64. The van der Waals surface area contributed by atoms with Gasteiger partial charge in [0.15, 0.2) is 0 Å². The lowest BCUT2D eigenvalue weighted by atomic mass is 10.2. The van der Waals surface area contributed by atoms with Crippen molar-refractivity contribution < 1.29 is 0 Å². The summed E-state index contributed by atoms with van der Waals surface area (Å²) in [6, 6.07) is 13.7. The molecule has 0 fully saturated rings. The van der Waals surface area contributed by atoms with E-state index in [4.69, 9.17) is 0 Å². The largest absolute Gasteiger partial charge is 0.369 e. The fourth-order valence-corrected chi connectivity index (χ4v) is 2.72. The number of aromatic nitrogens is 4. The van der Waals surface area contributed by atoms with Crippen LogP contribution in [0.2, 0.25) is 0 Å². The molecule has 0 aromatic carbocycles. The van der Waals surface area contributed by atoms with Crippen LogP contribution in [0.4, 0.5) is 11.8 Å². The van der Waals surface area contributed by atoms with E-state index in [2.05, 4.69) is 49.6 Å². The van der Waals surface area contributed by atoms with Crippen LogP contribution in [0.1, 0.15) is 12.1 Å². The Kier molecular flexibility index (Phi) is 7.26. The van der Waals surface area contributed by atoms with E-state index in [1.807, 2.05) is 48.7 Å². The quantitative estimate of drug-likeness (QED) is 0.526. The Morgan fingerprint density at radius 1 is 0.857 bits per heavy atom. The molecule has 0 aliphatic carbocycles. The summed E-state index contributed by atoms with van der Waals surface area (Å²) in [6.07, 6.45) is 5.44. The van der Waals surface area contributed by atoms with Crippen molar-refractivity contribution >= 4 is 11.8 Å². The van der Waals surface area contributed by atoms with Crippen molar-refractivity contribution in [3.63, 3.8) is 0 Å². The zero-order chi connectivity index (χ0) is 19.6. The highest BCUT2D eigenvalue weighted by molar-refractivity contribution is 5.60. The van der Waals surface area contributed by atoms with Crippen molar-refractivity contribution in [2.75, 3.05) is 44.4 Å². The Hall–Kier alpha value is -3.06. The molecule has 0 saturated heterocycles. The second-order valence-electron chi connectivity index (χ2n) is 6.76. The number of nitrogens with zero attached hydrogens (tertiary/aromatic N) is 5. The van der Waals surface area contributed by atoms with Gasteiger partial charge >= 0.3 is 0 Å². The van der Waals surface area contributed by atoms with Gasteiger partial charge in [-0.25, -0.2) is 4.98 Å². The summed E-state index contributed by atoms with van der Waals surface area (Å²) in [6.45, 7) is 2.58. The van der Waals surface area contributed by atoms with E-state index >= 15 is 0 Å². The lowest BCUT2D eigenvalue weighted by molar-refractivity contribution is 0.405. The average molecular weight is 377 g/mol. The molecule has 3 rings (SSSR count). The van der Waals surface area contributed by atoms with Crippen LogP contribution in [0, 0.1) is 0 Å². The zero-order valence-corrected chi connectivity index (χ0v) is 16.5. The van der Waals surface area contributed by atoms with Crippen LogP contribution < -0.4 is 10.6 Å². The molecule has 0 unspecified atom stereocenters. The minimum Gasteiger partial charge on any atom is -0.369 e. The van der Waals surface area contributed by atoms with Crippen LogP contribution in [0.3, 0.4) is 0 Å². The third-order valence-corrected chi connectivity index (χ3v) is 4.13. The number of rotatable bonds is 10. The van der Waals surface area contributed by atoms with E-state index in [-0.39, 0.29) is 0 Å². The summed E-state index contributed by atoms with van der Waals surface area (Å²) in [5, 5.41) is 6.71. The monoisotopic (exact) mass is 377 g/mol. The molecule has 0 atom stereocenters. The zero-order valence-electron chi connectivity index (χ0n) is 16.5. The van der Waals surface area contributed by atoms with Crippen LogP contribution in [0.15, 0.2) is 54.9 Å². The molecule has 146 valence electrons. The highest BCUT2D eigenvalue weighted by Crippen LogP contribution is 2.19. The van der Waals surface area contributed by atoms with Crippen LogP contribution in [-0.4, -0.2) is 58.6 Å². The van der Waals surface area contributed by atoms with Crippen molar-refractivity contribution in [2.45, 2.75) is 12.8 Å². The van der Waals surface area contributed by atoms with E-state index in [1.54, 1.807) is 6.20 Å². The van der Waals surface area contributed by atoms with Crippen LogP contribution >= 0.6 is 0 Å². The molecule has 0 bridgehead atoms. The van der Waals surface area contributed by atoms with Gasteiger partial charge in [0.1, 0.15) is 5.82 Å². The van der Waals surface area contributed by atoms with Gasteiger partial charge in [0, 0.05) is 43.7 Å². The lowest BCUT2D eigenvalue weighted by Crippen LogP contribution is -2.17. The first-order valence-electron chi connectivity index (χ1n) is 9.53. The van der Waals surface area contributed by atoms with Gasteiger partial charge in [-0.05, 0) is 51.3 Å². The summed E-state index contributed by atoms with van der Waals surface area (Å²) in [4.78, 5) is 20.2. The summed E-state index contributed by atoms with van der Waals surface area (Å²) >= 11 is 0. The molecule has 0 spiro atoms. The Labute approximate surface area is 166 Å². The molecule has 28 heavy (non-hydrogen) atoms. The van der Waals surface area contributed by atoms with E-state index in [1.165, 1.54) is 0 Å². The van der Waals surface area contributed by atoms with E-state index < -0.39 is 0 Å².